The van der Waals surface area contributed by atoms with Gasteiger partial charge in [-0.1, -0.05) is 0 Å². The molecule has 3 heteroatoms. The van der Waals surface area contributed by atoms with Crippen molar-refractivity contribution in [3.8, 4) is 0 Å². The van der Waals surface area contributed by atoms with E-state index >= 15 is 0 Å². The Balaban J connectivity index is 2.06. The van der Waals surface area contributed by atoms with E-state index in [1.807, 2.05) is 6.92 Å². The molecule has 3 nitrogen and oxygen atoms in total. The third-order valence-corrected chi connectivity index (χ3v) is 3.84. The van der Waals surface area contributed by atoms with E-state index in [0.717, 1.165) is 0 Å². The Morgan fingerprint density at radius 2 is 1.86 bits per heavy atom. The number of rotatable bonds is 2. The minimum atomic E-state index is -0.0607. The largest absolute Gasteiger partial charge is 0.466 e. The Labute approximate surface area is 85.0 Å². The predicted molar refractivity (Wildman–Crippen MR) is 53.5 cm³/mol. The van der Waals surface area contributed by atoms with Crippen molar-refractivity contribution in [1.82, 2.24) is 0 Å². The summed E-state index contributed by atoms with van der Waals surface area (Å²) in [5.74, 6) is 0.986. The monoisotopic (exact) mass is 197 g/mol. The third-order valence-electron chi connectivity index (χ3n) is 3.84. The van der Waals surface area contributed by atoms with E-state index < -0.39 is 0 Å². The van der Waals surface area contributed by atoms with Gasteiger partial charge in [0.25, 0.3) is 0 Å². The van der Waals surface area contributed by atoms with Gasteiger partial charge < -0.3 is 10.5 Å². The van der Waals surface area contributed by atoms with Crippen molar-refractivity contribution >= 4 is 5.97 Å². The predicted octanol–water partition coefficient (Wildman–Crippen LogP) is 1.31. The van der Waals surface area contributed by atoms with Crippen LogP contribution in [0.4, 0.5) is 0 Å². The molecule has 3 aliphatic carbocycles. The SMILES string of the molecule is CCOC(=O)[C@H]1C2CCC(CC2)[C@@H]1N. The van der Waals surface area contributed by atoms with E-state index in [1.165, 1.54) is 25.7 Å². The van der Waals surface area contributed by atoms with E-state index in [1.54, 1.807) is 0 Å². The standard InChI is InChI=1S/C11H19NO2/c1-2-14-11(13)9-7-3-5-8(6-4-7)10(9)12/h7-10H,2-6,12H2,1H3/t7?,8?,9-,10-/m0/s1. The second-order valence-electron chi connectivity index (χ2n) is 4.53. The Morgan fingerprint density at radius 1 is 1.29 bits per heavy atom. The molecule has 0 amide bonds. The molecule has 0 aromatic rings. The molecule has 0 heterocycles. The van der Waals surface area contributed by atoms with Crippen molar-refractivity contribution in [2.45, 2.75) is 38.6 Å². The van der Waals surface area contributed by atoms with Gasteiger partial charge in [-0.25, -0.2) is 0 Å². The van der Waals surface area contributed by atoms with Crippen molar-refractivity contribution in [3.05, 3.63) is 0 Å². The van der Waals surface area contributed by atoms with Gasteiger partial charge in [0, 0.05) is 6.04 Å². The van der Waals surface area contributed by atoms with Crippen LogP contribution in [0, 0.1) is 17.8 Å². The zero-order chi connectivity index (χ0) is 10.1. The van der Waals surface area contributed by atoms with E-state index in [0.29, 0.717) is 18.4 Å². The van der Waals surface area contributed by atoms with Crippen LogP contribution in [0.3, 0.4) is 0 Å². The molecule has 3 aliphatic rings. The van der Waals surface area contributed by atoms with Gasteiger partial charge in [-0.3, -0.25) is 4.79 Å². The molecule has 80 valence electrons. The summed E-state index contributed by atoms with van der Waals surface area (Å²) in [4.78, 5) is 11.7. The first-order chi connectivity index (χ1) is 6.74. The second-order valence-corrected chi connectivity index (χ2v) is 4.53. The third kappa shape index (κ3) is 1.54. The number of hydrogen-bond acceptors (Lipinski definition) is 3. The van der Waals surface area contributed by atoms with Gasteiger partial charge in [-0.2, -0.15) is 0 Å². The lowest BCUT2D eigenvalue weighted by atomic mass is 9.62. The summed E-state index contributed by atoms with van der Waals surface area (Å²) in [6, 6.07) is 0.0570. The van der Waals surface area contributed by atoms with Crippen LogP contribution in [0.1, 0.15) is 32.6 Å². The van der Waals surface area contributed by atoms with Gasteiger partial charge in [-0.15, -0.1) is 0 Å². The lowest BCUT2D eigenvalue weighted by molar-refractivity contribution is -0.155. The molecule has 0 spiro atoms. The molecule has 0 aromatic heterocycles. The summed E-state index contributed by atoms with van der Waals surface area (Å²) in [5, 5.41) is 0. The fourth-order valence-corrected chi connectivity index (χ4v) is 3.08. The van der Waals surface area contributed by atoms with Gasteiger partial charge >= 0.3 is 5.97 Å². The molecule has 2 atom stereocenters. The van der Waals surface area contributed by atoms with Gasteiger partial charge in [0.05, 0.1) is 12.5 Å². The molecule has 0 aromatic carbocycles. The first kappa shape index (κ1) is 9.97. The summed E-state index contributed by atoms with van der Waals surface area (Å²) >= 11 is 0. The summed E-state index contributed by atoms with van der Waals surface area (Å²) in [5.41, 5.74) is 6.09. The average Bonchev–Trinajstić information content (AvgIpc) is 2.19. The maximum absolute atomic E-state index is 11.7. The fourth-order valence-electron chi connectivity index (χ4n) is 3.08. The maximum Gasteiger partial charge on any atom is 0.310 e. The summed E-state index contributed by atoms with van der Waals surface area (Å²) < 4.78 is 5.09. The molecule has 0 unspecified atom stereocenters. The number of esters is 1. The summed E-state index contributed by atoms with van der Waals surface area (Å²) in [6.07, 6.45) is 4.76. The van der Waals surface area contributed by atoms with Gasteiger partial charge in [0.2, 0.25) is 0 Å². The minimum Gasteiger partial charge on any atom is -0.466 e. The molecule has 3 saturated carbocycles. The molecular weight excluding hydrogens is 178 g/mol. The van der Waals surface area contributed by atoms with Crippen molar-refractivity contribution < 1.29 is 9.53 Å². The zero-order valence-electron chi connectivity index (χ0n) is 8.74. The number of hydrogen-bond donors (Lipinski definition) is 1. The minimum absolute atomic E-state index is 0.0116. The van der Waals surface area contributed by atoms with E-state index in [2.05, 4.69) is 0 Å². The highest BCUT2D eigenvalue weighted by Crippen LogP contribution is 2.44. The van der Waals surface area contributed by atoms with Crippen molar-refractivity contribution in [2.75, 3.05) is 6.61 Å². The highest BCUT2D eigenvalue weighted by atomic mass is 16.5. The fraction of sp³-hybridized carbons (Fsp3) is 0.909. The molecule has 0 radical (unpaired) electrons. The lowest BCUT2D eigenvalue weighted by Crippen LogP contribution is -2.52. The van der Waals surface area contributed by atoms with E-state index in [4.69, 9.17) is 10.5 Å². The lowest BCUT2D eigenvalue weighted by Gasteiger charge is -2.45. The van der Waals surface area contributed by atoms with Crippen molar-refractivity contribution in [2.24, 2.45) is 23.5 Å². The van der Waals surface area contributed by atoms with Crippen LogP contribution in [0.25, 0.3) is 0 Å². The topological polar surface area (TPSA) is 52.3 Å². The van der Waals surface area contributed by atoms with Crippen molar-refractivity contribution in [1.29, 1.82) is 0 Å². The number of carbonyl (C=O) groups is 1. The molecular formula is C11H19NO2. The summed E-state index contributed by atoms with van der Waals surface area (Å²) in [6.45, 7) is 2.32. The van der Waals surface area contributed by atoms with Crippen LogP contribution in [-0.2, 0) is 9.53 Å². The molecule has 14 heavy (non-hydrogen) atoms. The second kappa shape index (κ2) is 3.89. The highest BCUT2D eigenvalue weighted by Gasteiger charge is 2.45. The van der Waals surface area contributed by atoms with Gasteiger partial charge in [0.15, 0.2) is 0 Å². The van der Waals surface area contributed by atoms with Crippen LogP contribution in [0.15, 0.2) is 0 Å². The number of nitrogens with two attached hydrogens (primary N) is 1. The van der Waals surface area contributed by atoms with Crippen LogP contribution < -0.4 is 5.73 Å². The van der Waals surface area contributed by atoms with Crippen LogP contribution >= 0.6 is 0 Å². The quantitative estimate of drug-likeness (QED) is 0.679. The molecule has 2 bridgehead atoms. The first-order valence-electron chi connectivity index (χ1n) is 5.66. The average molecular weight is 197 g/mol. The Hall–Kier alpha value is -0.570. The van der Waals surface area contributed by atoms with Crippen LogP contribution in [0.5, 0.6) is 0 Å². The maximum atomic E-state index is 11.7. The smallest absolute Gasteiger partial charge is 0.310 e. The number of carbonyl (C=O) groups excluding carboxylic acids is 1. The Morgan fingerprint density at radius 3 is 2.36 bits per heavy atom. The van der Waals surface area contributed by atoms with Gasteiger partial charge in [0.1, 0.15) is 0 Å². The Kier molecular flexibility index (Phi) is 2.77. The van der Waals surface area contributed by atoms with Crippen LogP contribution in [-0.4, -0.2) is 18.6 Å². The van der Waals surface area contributed by atoms with E-state index in [-0.39, 0.29) is 17.9 Å². The molecule has 2 N–H and O–H groups in total. The zero-order valence-corrected chi connectivity index (χ0v) is 8.74. The normalized spacial score (nSPS) is 41.0. The van der Waals surface area contributed by atoms with Crippen LogP contribution in [0.2, 0.25) is 0 Å². The molecule has 0 aliphatic heterocycles. The van der Waals surface area contributed by atoms with Crippen molar-refractivity contribution in [3.63, 3.8) is 0 Å². The molecule has 3 rings (SSSR count). The van der Waals surface area contributed by atoms with Gasteiger partial charge in [-0.05, 0) is 44.4 Å². The molecule has 3 fully saturated rings. The molecule has 0 saturated heterocycles. The number of fused-ring (bicyclic) bond motifs is 3. The highest BCUT2D eigenvalue weighted by molar-refractivity contribution is 5.74. The number of ether oxygens (including phenoxy) is 1. The Bertz CT molecular complexity index is 219. The summed E-state index contributed by atoms with van der Waals surface area (Å²) in [7, 11) is 0. The first-order valence-corrected chi connectivity index (χ1v) is 5.66. The van der Waals surface area contributed by atoms with E-state index in [9.17, 15) is 4.79 Å².